The van der Waals surface area contributed by atoms with Gasteiger partial charge in [0.1, 0.15) is 11.6 Å². The van der Waals surface area contributed by atoms with E-state index in [1.54, 1.807) is 0 Å². The molecule has 0 bridgehead atoms. The highest BCUT2D eigenvalue weighted by Gasteiger charge is 2.45. The Morgan fingerprint density at radius 1 is 1.09 bits per heavy atom. The van der Waals surface area contributed by atoms with Crippen LogP contribution in [0.5, 0.6) is 0 Å². The van der Waals surface area contributed by atoms with Crippen LogP contribution in [0.1, 0.15) is 6.42 Å². The largest absolute Gasteiger partial charge is 0.324 e. The molecular weight excluding hydrogens is 144 g/mol. The van der Waals surface area contributed by atoms with Crippen molar-refractivity contribution < 1.29 is 9.59 Å². The van der Waals surface area contributed by atoms with Gasteiger partial charge < -0.3 is 11.5 Å². The van der Waals surface area contributed by atoms with Crippen LogP contribution in [0, 0.1) is 11.8 Å². The molecule has 4 N–H and O–H groups in total. The maximum atomic E-state index is 10.9. The summed E-state index contributed by atoms with van der Waals surface area (Å²) in [5, 5.41) is 0. The van der Waals surface area contributed by atoms with E-state index in [9.17, 15) is 9.59 Å². The Labute approximate surface area is 64.9 Å². The lowest BCUT2D eigenvalue weighted by Crippen LogP contribution is -2.21. The van der Waals surface area contributed by atoms with E-state index >= 15 is 0 Å². The zero-order chi connectivity index (χ0) is 8.43. The second-order valence-electron chi connectivity index (χ2n) is 2.79. The van der Waals surface area contributed by atoms with E-state index in [-0.39, 0.29) is 36.5 Å². The minimum Gasteiger partial charge on any atom is -0.324 e. The van der Waals surface area contributed by atoms with Gasteiger partial charge in [0.05, 0.1) is 13.1 Å². The van der Waals surface area contributed by atoms with E-state index in [2.05, 4.69) is 0 Å². The van der Waals surface area contributed by atoms with Gasteiger partial charge in [0, 0.05) is 11.8 Å². The predicted molar refractivity (Wildman–Crippen MR) is 39.7 cm³/mol. The summed E-state index contributed by atoms with van der Waals surface area (Å²) in [6.07, 6.45) is 0.659. The van der Waals surface area contributed by atoms with Crippen molar-refractivity contribution in [2.24, 2.45) is 23.3 Å². The minimum atomic E-state index is -0.115. The Kier molecular flexibility index (Phi) is 2.36. The van der Waals surface area contributed by atoms with Crippen LogP contribution < -0.4 is 11.5 Å². The quantitative estimate of drug-likeness (QED) is 0.528. The third-order valence-corrected chi connectivity index (χ3v) is 2.02. The molecule has 2 atom stereocenters. The Hall–Kier alpha value is -0.740. The summed E-state index contributed by atoms with van der Waals surface area (Å²) in [5.41, 5.74) is 10.2. The summed E-state index contributed by atoms with van der Waals surface area (Å²) in [4.78, 5) is 21.8. The molecule has 1 aliphatic rings. The molecule has 1 saturated carbocycles. The van der Waals surface area contributed by atoms with E-state index in [4.69, 9.17) is 11.5 Å². The first-order valence-electron chi connectivity index (χ1n) is 3.66. The zero-order valence-electron chi connectivity index (χ0n) is 6.25. The first kappa shape index (κ1) is 8.36. The maximum Gasteiger partial charge on any atom is 0.150 e. The fourth-order valence-corrected chi connectivity index (χ4v) is 1.21. The Balaban J connectivity index is 2.37. The molecule has 0 aliphatic heterocycles. The van der Waals surface area contributed by atoms with Crippen molar-refractivity contribution in [3.63, 3.8) is 0 Å². The van der Waals surface area contributed by atoms with Gasteiger partial charge in [-0.15, -0.1) is 0 Å². The molecule has 0 spiro atoms. The number of carbonyl (C=O) groups is 2. The molecule has 0 unspecified atom stereocenters. The average molecular weight is 156 g/mol. The van der Waals surface area contributed by atoms with E-state index in [1.165, 1.54) is 0 Å². The molecule has 0 aromatic carbocycles. The highest BCUT2D eigenvalue weighted by Crippen LogP contribution is 2.39. The van der Waals surface area contributed by atoms with Crippen LogP contribution in [0.3, 0.4) is 0 Å². The van der Waals surface area contributed by atoms with Crippen molar-refractivity contribution in [1.29, 1.82) is 0 Å². The number of carbonyl (C=O) groups excluding carboxylic acids is 2. The smallest absolute Gasteiger partial charge is 0.150 e. The predicted octanol–water partition coefficient (Wildman–Crippen LogP) is -1.32. The first-order chi connectivity index (χ1) is 5.20. The third kappa shape index (κ3) is 1.64. The minimum absolute atomic E-state index is 0.0169. The van der Waals surface area contributed by atoms with Crippen molar-refractivity contribution >= 4 is 11.6 Å². The van der Waals surface area contributed by atoms with Crippen molar-refractivity contribution in [2.45, 2.75) is 6.42 Å². The first-order valence-corrected chi connectivity index (χ1v) is 3.66. The summed E-state index contributed by atoms with van der Waals surface area (Å²) in [7, 11) is 0. The molecule has 0 aromatic rings. The van der Waals surface area contributed by atoms with Crippen LogP contribution in [0.25, 0.3) is 0 Å². The summed E-state index contributed by atoms with van der Waals surface area (Å²) < 4.78 is 0. The molecule has 11 heavy (non-hydrogen) atoms. The Morgan fingerprint density at radius 3 is 1.73 bits per heavy atom. The summed E-state index contributed by atoms with van der Waals surface area (Å²) >= 11 is 0. The number of nitrogens with two attached hydrogens (primary N) is 2. The molecule has 0 aromatic heterocycles. The molecular formula is C7H12N2O2. The monoisotopic (exact) mass is 156 g/mol. The van der Waals surface area contributed by atoms with E-state index in [0.717, 1.165) is 0 Å². The van der Waals surface area contributed by atoms with Gasteiger partial charge in [-0.2, -0.15) is 0 Å². The van der Waals surface area contributed by atoms with Crippen molar-refractivity contribution in [3.05, 3.63) is 0 Å². The van der Waals surface area contributed by atoms with Gasteiger partial charge >= 0.3 is 0 Å². The van der Waals surface area contributed by atoms with Crippen molar-refractivity contribution in [2.75, 3.05) is 13.1 Å². The lowest BCUT2D eigenvalue weighted by Gasteiger charge is -1.93. The van der Waals surface area contributed by atoms with E-state index in [1.807, 2.05) is 0 Å². The standard InChI is InChI=1S/C7H12N2O2/c8-2-6(10)4-1-5(4)7(11)3-9/h4-5H,1-3,8-9H2/t4-,5-/m0/s1. The molecule has 1 fully saturated rings. The molecule has 0 heterocycles. The molecule has 1 aliphatic carbocycles. The highest BCUT2D eigenvalue weighted by atomic mass is 16.1. The number of hydrogen-bond acceptors (Lipinski definition) is 4. The SMILES string of the molecule is NCC(=O)[C@H]1C[C@@H]1C(=O)CN. The third-order valence-electron chi connectivity index (χ3n) is 2.02. The fraction of sp³-hybridized carbons (Fsp3) is 0.714. The van der Waals surface area contributed by atoms with Gasteiger partial charge in [-0.3, -0.25) is 9.59 Å². The van der Waals surface area contributed by atoms with E-state index < -0.39 is 0 Å². The summed E-state index contributed by atoms with van der Waals surface area (Å²) in [6, 6.07) is 0. The van der Waals surface area contributed by atoms with Crippen LogP contribution >= 0.6 is 0 Å². The van der Waals surface area contributed by atoms with Gasteiger partial charge in [0.2, 0.25) is 0 Å². The van der Waals surface area contributed by atoms with Gasteiger partial charge in [-0.1, -0.05) is 0 Å². The molecule has 4 heteroatoms. The van der Waals surface area contributed by atoms with Crippen LogP contribution in [0.2, 0.25) is 0 Å². The van der Waals surface area contributed by atoms with Gasteiger partial charge in [0.15, 0.2) is 0 Å². The molecule has 4 nitrogen and oxygen atoms in total. The van der Waals surface area contributed by atoms with Crippen molar-refractivity contribution in [3.8, 4) is 0 Å². The van der Waals surface area contributed by atoms with Crippen molar-refractivity contribution in [1.82, 2.24) is 0 Å². The fourth-order valence-electron chi connectivity index (χ4n) is 1.21. The van der Waals surface area contributed by atoms with Crippen LogP contribution in [0.4, 0.5) is 0 Å². The molecule has 0 saturated heterocycles. The van der Waals surface area contributed by atoms with E-state index in [0.29, 0.717) is 6.42 Å². The lowest BCUT2D eigenvalue weighted by atomic mass is 10.1. The van der Waals surface area contributed by atoms with Crippen LogP contribution in [-0.4, -0.2) is 24.7 Å². The molecule has 1 rings (SSSR count). The zero-order valence-corrected chi connectivity index (χ0v) is 6.25. The normalized spacial score (nSPS) is 28.2. The highest BCUT2D eigenvalue weighted by molar-refractivity contribution is 5.95. The number of Topliss-reactive ketones (excluding diaryl/α,β-unsaturated/α-hetero) is 2. The summed E-state index contributed by atoms with van der Waals surface area (Å²) in [6.45, 7) is 0.0814. The molecule has 62 valence electrons. The maximum absolute atomic E-state index is 10.9. The summed E-state index contributed by atoms with van der Waals surface area (Å²) in [5.74, 6) is -0.263. The number of ketones is 2. The topological polar surface area (TPSA) is 86.2 Å². The van der Waals surface area contributed by atoms with Gasteiger partial charge in [-0.25, -0.2) is 0 Å². The Morgan fingerprint density at radius 2 is 1.45 bits per heavy atom. The second kappa shape index (κ2) is 3.11. The van der Waals surface area contributed by atoms with Gasteiger partial charge in [-0.05, 0) is 6.42 Å². The number of hydrogen-bond donors (Lipinski definition) is 2. The molecule has 0 amide bonds. The lowest BCUT2D eigenvalue weighted by molar-refractivity contribution is -0.123. The van der Waals surface area contributed by atoms with Crippen LogP contribution in [0.15, 0.2) is 0 Å². The van der Waals surface area contributed by atoms with Gasteiger partial charge in [0.25, 0.3) is 0 Å². The second-order valence-corrected chi connectivity index (χ2v) is 2.79. The Bertz CT molecular complexity index is 171. The average Bonchev–Trinajstić information content (AvgIpc) is 2.80. The molecule has 0 radical (unpaired) electrons. The van der Waals surface area contributed by atoms with Crippen LogP contribution in [-0.2, 0) is 9.59 Å². The number of rotatable bonds is 4.